The summed E-state index contributed by atoms with van der Waals surface area (Å²) in [5.41, 5.74) is 2.69. The van der Waals surface area contributed by atoms with Crippen LogP contribution >= 0.6 is 24.8 Å². The molecule has 0 heterocycles. The normalized spacial score (nSPS) is 13.2. The molecule has 0 nitrogen and oxygen atoms in total. The molecule has 1 radical (unpaired) electrons. The monoisotopic (exact) mass is 497 g/mol. The maximum Gasteiger partial charge on any atom is 0.0274 e. The molecule has 20 heavy (non-hydrogen) atoms. The Morgan fingerprint density at radius 2 is 1.25 bits per heavy atom. The van der Waals surface area contributed by atoms with E-state index in [2.05, 4.69) is 52.0 Å². The molecule has 0 aromatic rings. The number of halogens is 2. The quantitative estimate of drug-likeness (QED) is 0.348. The number of hydrogen-bond donors (Lipinski definition) is 0. The molecule has 0 saturated carbocycles. The zero-order valence-electron chi connectivity index (χ0n) is 13.0. The molecule has 0 amide bonds. The van der Waals surface area contributed by atoms with Crippen LogP contribution in [-0.4, -0.2) is 9.52 Å². The molecule has 0 aliphatic heterocycles. The third-order valence-electron chi connectivity index (χ3n) is 2.32. The Kier molecular flexibility index (Phi) is 31.5. The molecule has 0 aromatic carbocycles. The fraction of sp³-hybridized carbons (Fsp3) is 0.500. The Labute approximate surface area is 159 Å². The van der Waals surface area contributed by atoms with E-state index in [4.69, 9.17) is 0 Å². The molecule has 2 aliphatic carbocycles. The van der Waals surface area contributed by atoms with Gasteiger partial charge in [0, 0.05) is 35.4 Å². The first-order valence-electron chi connectivity index (χ1n) is 6.49. The van der Waals surface area contributed by atoms with Gasteiger partial charge in [0.15, 0.2) is 0 Å². The van der Waals surface area contributed by atoms with E-state index in [1.54, 1.807) is 0 Å². The van der Waals surface area contributed by atoms with Gasteiger partial charge in [0.2, 0.25) is 0 Å². The number of rotatable bonds is 2. The van der Waals surface area contributed by atoms with Gasteiger partial charge < -0.3 is 0 Å². The average molecular weight is 497 g/mol. The van der Waals surface area contributed by atoms with Gasteiger partial charge in [0.25, 0.3) is 0 Å². The largest absolute Gasteiger partial charge is 0.273 e. The van der Waals surface area contributed by atoms with E-state index in [1.165, 1.54) is 23.2 Å². The van der Waals surface area contributed by atoms with Gasteiger partial charge in [-0.05, 0) is 0 Å². The second-order valence-corrected chi connectivity index (χ2v) is 6.32. The van der Waals surface area contributed by atoms with Crippen LogP contribution in [0.5, 0.6) is 0 Å². The molecule has 0 fully saturated rings. The van der Waals surface area contributed by atoms with Crippen LogP contribution < -0.4 is 0 Å². The molecular formula is C16H27Cl2HfSi-2. The van der Waals surface area contributed by atoms with Crippen molar-refractivity contribution in [2.24, 2.45) is 0 Å². The molecule has 0 bridgehead atoms. The first kappa shape index (κ1) is 28.7. The summed E-state index contributed by atoms with van der Waals surface area (Å²) < 4.78 is 0. The van der Waals surface area contributed by atoms with Gasteiger partial charge in [0.05, 0.1) is 0 Å². The van der Waals surface area contributed by atoms with Crippen LogP contribution in [0.1, 0.15) is 40.5 Å². The standard InChI is InChI=1S/2C6H7.C4H11Si.2ClH.Hf/c2*1-6-4-2-3-5-6;1-3-5-4-2;;;/h2*4-5H,2H2,1H3;5H,3-4H2,1-2H3;2*1H;/q2*-1;;;;. The van der Waals surface area contributed by atoms with Crippen LogP contribution in [0, 0.1) is 12.2 Å². The van der Waals surface area contributed by atoms with Crippen molar-refractivity contribution in [1.29, 1.82) is 0 Å². The van der Waals surface area contributed by atoms with E-state index in [0.29, 0.717) is 0 Å². The summed E-state index contributed by atoms with van der Waals surface area (Å²) in [6.07, 6.45) is 16.5. The van der Waals surface area contributed by atoms with E-state index in [0.717, 1.165) is 22.4 Å². The molecule has 0 saturated heterocycles. The first-order chi connectivity index (χ1) is 8.20. The molecule has 0 atom stereocenters. The fourth-order valence-corrected chi connectivity index (χ4v) is 1.86. The molecule has 4 heteroatoms. The van der Waals surface area contributed by atoms with Crippen molar-refractivity contribution in [1.82, 2.24) is 0 Å². The summed E-state index contributed by atoms with van der Waals surface area (Å²) in [5.74, 6) is 0. The Balaban J connectivity index is -0.0000000899. The van der Waals surface area contributed by atoms with E-state index in [1.807, 2.05) is 12.2 Å². The van der Waals surface area contributed by atoms with Gasteiger partial charge in [-0.3, -0.25) is 12.2 Å². The summed E-state index contributed by atoms with van der Waals surface area (Å²) in [4.78, 5) is 0. The zero-order valence-corrected chi connectivity index (χ0v) is 19.4. The number of allylic oxidation sites excluding steroid dienone is 8. The molecule has 2 aliphatic rings. The zero-order chi connectivity index (χ0) is 12.9. The van der Waals surface area contributed by atoms with E-state index in [-0.39, 0.29) is 50.7 Å². The summed E-state index contributed by atoms with van der Waals surface area (Å²) in [5, 5.41) is 0. The summed E-state index contributed by atoms with van der Waals surface area (Å²) in [7, 11) is 0.815. The van der Waals surface area contributed by atoms with Crippen LogP contribution in [0.4, 0.5) is 0 Å². The second kappa shape index (κ2) is 21.9. The minimum atomic E-state index is 0. The van der Waals surface area contributed by atoms with Crippen molar-refractivity contribution in [3.8, 4) is 0 Å². The average Bonchev–Trinajstić information content (AvgIpc) is 2.95. The third kappa shape index (κ3) is 20.9. The van der Waals surface area contributed by atoms with Gasteiger partial charge in [-0.2, -0.15) is 12.2 Å². The molecule has 0 N–H and O–H groups in total. The van der Waals surface area contributed by atoms with Crippen LogP contribution in [0.3, 0.4) is 0 Å². The molecule has 2 rings (SSSR count). The van der Waals surface area contributed by atoms with Crippen LogP contribution in [0.25, 0.3) is 0 Å². The Bertz CT molecular complexity index is 272. The third-order valence-corrected chi connectivity index (χ3v) is 3.48. The second-order valence-electron chi connectivity index (χ2n) is 4.11. The van der Waals surface area contributed by atoms with E-state index >= 15 is 0 Å². The van der Waals surface area contributed by atoms with Gasteiger partial charge in [-0.15, -0.1) is 51.5 Å². The van der Waals surface area contributed by atoms with Crippen LogP contribution in [0.2, 0.25) is 12.1 Å². The fourth-order valence-electron chi connectivity index (χ4n) is 1.29. The van der Waals surface area contributed by atoms with Gasteiger partial charge in [-0.25, -0.2) is 23.3 Å². The minimum Gasteiger partial charge on any atom is -0.273 e. The van der Waals surface area contributed by atoms with Crippen molar-refractivity contribution in [3.63, 3.8) is 0 Å². The SMILES string of the molecule is CC1=CC[C-]=C1.CC1=CC[C-]=C1.CC[SiH]CC.Cl.Cl.[Hf]. The Morgan fingerprint density at radius 1 is 0.900 bits per heavy atom. The van der Waals surface area contributed by atoms with E-state index in [9.17, 15) is 0 Å². The number of hydrogen-bond acceptors (Lipinski definition) is 0. The summed E-state index contributed by atoms with van der Waals surface area (Å²) in [6, 6.07) is 2.85. The van der Waals surface area contributed by atoms with E-state index < -0.39 is 0 Å². The molecular weight excluding hydrogens is 470 g/mol. The van der Waals surface area contributed by atoms with Crippen molar-refractivity contribution in [3.05, 3.63) is 47.6 Å². The first-order valence-corrected chi connectivity index (χ1v) is 8.12. The minimum absolute atomic E-state index is 0. The smallest absolute Gasteiger partial charge is 0.0274 e. The molecule has 115 valence electrons. The molecule has 0 aromatic heterocycles. The van der Waals surface area contributed by atoms with Gasteiger partial charge in [-0.1, -0.05) is 25.9 Å². The predicted octanol–water partition coefficient (Wildman–Crippen LogP) is 5.53. The predicted molar refractivity (Wildman–Crippen MR) is 95.0 cm³/mol. The van der Waals surface area contributed by atoms with Crippen molar-refractivity contribution >= 4 is 34.3 Å². The maximum absolute atomic E-state index is 3.05. The Morgan fingerprint density at radius 3 is 1.30 bits per heavy atom. The topological polar surface area (TPSA) is 0 Å². The van der Waals surface area contributed by atoms with Crippen molar-refractivity contribution in [2.45, 2.75) is 52.6 Å². The summed E-state index contributed by atoms with van der Waals surface area (Å²) >= 11 is 0. The van der Waals surface area contributed by atoms with Crippen molar-refractivity contribution in [2.75, 3.05) is 0 Å². The summed E-state index contributed by atoms with van der Waals surface area (Å²) in [6.45, 7) is 8.66. The molecule has 0 unspecified atom stereocenters. The van der Waals surface area contributed by atoms with Crippen LogP contribution in [-0.2, 0) is 25.8 Å². The van der Waals surface area contributed by atoms with Crippen molar-refractivity contribution < 1.29 is 25.8 Å². The van der Waals surface area contributed by atoms with Gasteiger partial charge >= 0.3 is 0 Å². The Hall–Kier alpha value is 0.627. The maximum atomic E-state index is 3.05. The van der Waals surface area contributed by atoms with Gasteiger partial charge in [0.1, 0.15) is 0 Å². The molecule has 0 spiro atoms. The van der Waals surface area contributed by atoms with Crippen LogP contribution in [0.15, 0.2) is 35.5 Å².